The Kier molecular flexibility index (Phi) is 3.63. The SMILES string of the molecule is CCC1COC(C)CN1c1nc(C(=O)O)cs1. The smallest absolute Gasteiger partial charge is 0.355 e. The standard InChI is InChI=1S/C11H16N2O3S/c1-3-8-5-16-7(2)4-13(8)11-12-9(6-17-11)10(14)15/h6-8H,3-5H2,1-2H3,(H,14,15). The average molecular weight is 256 g/mol. The van der Waals surface area contributed by atoms with Crippen molar-refractivity contribution in [2.45, 2.75) is 32.4 Å². The zero-order valence-corrected chi connectivity index (χ0v) is 10.7. The van der Waals surface area contributed by atoms with Crippen molar-refractivity contribution in [3.05, 3.63) is 11.1 Å². The van der Waals surface area contributed by atoms with Gasteiger partial charge in [0.2, 0.25) is 0 Å². The van der Waals surface area contributed by atoms with Crippen molar-refractivity contribution >= 4 is 22.4 Å². The molecule has 0 bridgehead atoms. The van der Waals surface area contributed by atoms with Crippen LogP contribution in [0.2, 0.25) is 0 Å². The Bertz CT molecular complexity index is 407. The Hall–Kier alpha value is -1.14. The zero-order chi connectivity index (χ0) is 12.4. The maximum atomic E-state index is 10.8. The molecule has 0 radical (unpaired) electrons. The summed E-state index contributed by atoms with van der Waals surface area (Å²) in [6.45, 7) is 5.57. The Morgan fingerprint density at radius 1 is 1.76 bits per heavy atom. The molecule has 17 heavy (non-hydrogen) atoms. The third kappa shape index (κ3) is 2.58. The number of morpholine rings is 1. The number of hydrogen-bond acceptors (Lipinski definition) is 5. The number of aromatic carboxylic acids is 1. The molecule has 2 rings (SSSR count). The van der Waals surface area contributed by atoms with Gasteiger partial charge in [0.25, 0.3) is 0 Å². The Balaban J connectivity index is 2.19. The molecule has 0 aromatic carbocycles. The van der Waals surface area contributed by atoms with Crippen LogP contribution in [0.15, 0.2) is 5.38 Å². The summed E-state index contributed by atoms with van der Waals surface area (Å²) < 4.78 is 5.61. The number of carboxylic acid groups (broad SMARTS) is 1. The summed E-state index contributed by atoms with van der Waals surface area (Å²) in [5.41, 5.74) is 0.124. The van der Waals surface area contributed by atoms with E-state index in [-0.39, 0.29) is 11.8 Å². The number of hydrogen-bond donors (Lipinski definition) is 1. The number of aromatic nitrogens is 1. The first-order valence-electron chi connectivity index (χ1n) is 5.69. The van der Waals surface area contributed by atoms with E-state index in [0.717, 1.165) is 18.1 Å². The first-order valence-corrected chi connectivity index (χ1v) is 6.56. The highest BCUT2D eigenvalue weighted by Gasteiger charge is 2.28. The summed E-state index contributed by atoms with van der Waals surface area (Å²) in [6, 6.07) is 0.291. The fourth-order valence-electron chi connectivity index (χ4n) is 1.91. The molecule has 1 N–H and O–H groups in total. The molecule has 1 aromatic heterocycles. The first-order chi connectivity index (χ1) is 8.11. The molecule has 2 unspecified atom stereocenters. The molecular formula is C11H16N2O3S. The van der Waals surface area contributed by atoms with Crippen molar-refractivity contribution in [2.75, 3.05) is 18.1 Å². The molecule has 6 heteroatoms. The van der Waals surface area contributed by atoms with Gasteiger partial charge in [-0.25, -0.2) is 9.78 Å². The summed E-state index contributed by atoms with van der Waals surface area (Å²) in [7, 11) is 0. The highest BCUT2D eigenvalue weighted by Crippen LogP contribution is 2.26. The van der Waals surface area contributed by atoms with Crippen LogP contribution in [0.25, 0.3) is 0 Å². The quantitative estimate of drug-likeness (QED) is 0.894. The molecule has 2 heterocycles. The van der Waals surface area contributed by atoms with E-state index in [1.807, 2.05) is 6.92 Å². The number of carbonyl (C=O) groups is 1. The van der Waals surface area contributed by atoms with Crippen LogP contribution in [0.5, 0.6) is 0 Å². The van der Waals surface area contributed by atoms with E-state index in [9.17, 15) is 4.79 Å². The zero-order valence-electron chi connectivity index (χ0n) is 9.92. The van der Waals surface area contributed by atoms with Gasteiger partial charge in [-0.1, -0.05) is 6.92 Å². The van der Waals surface area contributed by atoms with E-state index in [1.54, 1.807) is 5.38 Å². The lowest BCUT2D eigenvalue weighted by Crippen LogP contribution is -2.48. The minimum Gasteiger partial charge on any atom is -0.476 e. The largest absolute Gasteiger partial charge is 0.476 e. The van der Waals surface area contributed by atoms with Crippen LogP contribution in [0, 0.1) is 0 Å². The van der Waals surface area contributed by atoms with Gasteiger partial charge in [0.05, 0.1) is 18.8 Å². The van der Waals surface area contributed by atoms with E-state index in [4.69, 9.17) is 9.84 Å². The Morgan fingerprint density at radius 2 is 2.53 bits per heavy atom. The van der Waals surface area contributed by atoms with Gasteiger partial charge in [0.15, 0.2) is 10.8 Å². The number of carboxylic acids is 1. The van der Waals surface area contributed by atoms with Gasteiger partial charge in [-0.2, -0.15) is 0 Å². The lowest BCUT2D eigenvalue weighted by molar-refractivity contribution is 0.0299. The second kappa shape index (κ2) is 5.01. The average Bonchev–Trinajstić information content (AvgIpc) is 2.78. The molecule has 5 nitrogen and oxygen atoms in total. The number of thiazole rings is 1. The van der Waals surface area contributed by atoms with Gasteiger partial charge in [-0.15, -0.1) is 11.3 Å². The summed E-state index contributed by atoms with van der Waals surface area (Å²) in [6.07, 6.45) is 1.13. The molecule has 1 aliphatic rings. The van der Waals surface area contributed by atoms with Crippen LogP contribution < -0.4 is 4.90 Å². The molecule has 1 aromatic rings. The van der Waals surface area contributed by atoms with Gasteiger partial charge in [-0.05, 0) is 13.3 Å². The fraction of sp³-hybridized carbons (Fsp3) is 0.636. The molecule has 1 saturated heterocycles. The van der Waals surface area contributed by atoms with E-state index >= 15 is 0 Å². The molecule has 2 atom stereocenters. The van der Waals surface area contributed by atoms with Crippen LogP contribution in [-0.2, 0) is 4.74 Å². The normalized spacial score (nSPS) is 24.9. The Morgan fingerprint density at radius 3 is 3.12 bits per heavy atom. The van der Waals surface area contributed by atoms with Crippen molar-refractivity contribution in [1.82, 2.24) is 4.98 Å². The Labute approximate surface area is 104 Å². The van der Waals surface area contributed by atoms with Gasteiger partial charge < -0.3 is 14.7 Å². The number of rotatable bonds is 3. The molecule has 1 aliphatic heterocycles. The monoisotopic (exact) mass is 256 g/mol. The summed E-state index contributed by atoms with van der Waals surface area (Å²) in [5, 5.41) is 11.2. The predicted molar refractivity (Wildman–Crippen MR) is 65.9 cm³/mol. The van der Waals surface area contributed by atoms with Crippen molar-refractivity contribution in [1.29, 1.82) is 0 Å². The topological polar surface area (TPSA) is 62.7 Å². The minimum absolute atomic E-state index is 0.124. The summed E-state index contributed by atoms with van der Waals surface area (Å²) in [5.74, 6) is -0.971. The molecule has 0 aliphatic carbocycles. The molecular weight excluding hydrogens is 240 g/mol. The molecule has 94 valence electrons. The number of nitrogens with zero attached hydrogens (tertiary/aromatic N) is 2. The van der Waals surface area contributed by atoms with Crippen LogP contribution >= 0.6 is 11.3 Å². The number of ether oxygens (including phenoxy) is 1. The van der Waals surface area contributed by atoms with Crippen molar-refractivity contribution in [3.8, 4) is 0 Å². The highest BCUT2D eigenvalue weighted by atomic mass is 32.1. The van der Waals surface area contributed by atoms with Crippen LogP contribution in [-0.4, -0.2) is 41.4 Å². The maximum Gasteiger partial charge on any atom is 0.355 e. The van der Waals surface area contributed by atoms with E-state index in [2.05, 4.69) is 16.8 Å². The van der Waals surface area contributed by atoms with Crippen LogP contribution in [0.3, 0.4) is 0 Å². The maximum absolute atomic E-state index is 10.8. The molecule has 0 saturated carbocycles. The second-order valence-electron chi connectivity index (χ2n) is 4.18. The third-order valence-electron chi connectivity index (χ3n) is 2.90. The van der Waals surface area contributed by atoms with Crippen LogP contribution in [0.4, 0.5) is 5.13 Å². The highest BCUT2D eigenvalue weighted by molar-refractivity contribution is 7.13. The molecule has 1 fully saturated rings. The molecule has 0 amide bonds. The van der Waals surface area contributed by atoms with Gasteiger partial charge in [0.1, 0.15) is 0 Å². The van der Waals surface area contributed by atoms with Crippen LogP contribution in [0.1, 0.15) is 30.8 Å². The fourth-order valence-corrected chi connectivity index (χ4v) is 2.79. The van der Waals surface area contributed by atoms with E-state index < -0.39 is 5.97 Å². The van der Waals surface area contributed by atoms with Gasteiger partial charge >= 0.3 is 5.97 Å². The lowest BCUT2D eigenvalue weighted by Gasteiger charge is -2.38. The summed E-state index contributed by atoms with van der Waals surface area (Å²) >= 11 is 1.38. The number of anilines is 1. The summed E-state index contributed by atoms with van der Waals surface area (Å²) in [4.78, 5) is 17.1. The lowest BCUT2D eigenvalue weighted by atomic mass is 10.1. The minimum atomic E-state index is -0.971. The van der Waals surface area contributed by atoms with Gasteiger partial charge in [0, 0.05) is 11.9 Å². The van der Waals surface area contributed by atoms with E-state index in [0.29, 0.717) is 12.6 Å². The van der Waals surface area contributed by atoms with Gasteiger partial charge in [-0.3, -0.25) is 0 Å². The predicted octanol–water partition coefficient (Wildman–Crippen LogP) is 1.85. The third-order valence-corrected chi connectivity index (χ3v) is 3.77. The molecule has 0 spiro atoms. The van der Waals surface area contributed by atoms with Crippen molar-refractivity contribution in [2.24, 2.45) is 0 Å². The second-order valence-corrected chi connectivity index (χ2v) is 5.02. The first kappa shape index (κ1) is 12.3. The van der Waals surface area contributed by atoms with Crippen molar-refractivity contribution < 1.29 is 14.6 Å². The van der Waals surface area contributed by atoms with E-state index in [1.165, 1.54) is 11.3 Å². The van der Waals surface area contributed by atoms with Crippen molar-refractivity contribution in [3.63, 3.8) is 0 Å².